The number of aromatic nitrogens is 2. The fraction of sp³-hybridized carbons (Fsp3) is 0. The zero-order chi connectivity index (χ0) is 5.98. The van der Waals surface area contributed by atoms with Crippen molar-refractivity contribution in [2.45, 2.75) is 0 Å². The molecule has 1 heterocycles. The maximum atomic E-state index is 10.4. The summed E-state index contributed by atoms with van der Waals surface area (Å²) in [5, 5.41) is 0. The molecule has 0 saturated carbocycles. The van der Waals surface area contributed by atoms with Gasteiger partial charge in [-0.2, -0.15) is 0 Å². The maximum Gasteiger partial charge on any atom is 0.347 e. The number of rotatable bonds is 0. The summed E-state index contributed by atoms with van der Waals surface area (Å²) >= 11 is 0. The van der Waals surface area contributed by atoms with Gasteiger partial charge in [-0.1, -0.05) is 0 Å². The van der Waals surface area contributed by atoms with Gasteiger partial charge in [-0.3, -0.25) is 4.57 Å². The van der Waals surface area contributed by atoms with Crippen molar-refractivity contribution >= 4 is 0 Å². The molecule has 8 heavy (non-hydrogen) atoms. The highest BCUT2D eigenvalue weighted by Crippen LogP contribution is 1.69. The van der Waals surface area contributed by atoms with E-state index in [-0.39, 0.29) is 5.69 Å². The third kappa shape index (κ3) is 0.753. The highest BCUT2D eigenvalue weighted by atomic mass is 16.1. The van der Waals surface area contributed by atoms with Crippen LogP contribution in [0.15, 0.2) is 23.3 Å². The summed E-state index contributed by atoms with van der Waals surface area (Å²) in [5.41, 5.74) is -0.326. The summed E-state index contributed by atoms with van der Waals surface area (Å²) in [6.45, 7) is 0. The Bertz CT molecular complexity index is 228. The summed E-state index contributed by atoms with van der Waals surface area (Å²) < 4.78 is 1.17. The van der Waals surface area contributed by atoms with Gasteiger partial charge in [0.05, 0.1) is 0 Å². The highest BCUT2D eigenvalue weighted by Gasteiger charge is 1.81. The average molecular weight is 109 g/mol. The monoisotopic (exact) mass is 109 g/mol. The Labute approximate surface area is 46.6 Å². The standard InChI is InChI=1S/C5H5N2O/c1-7-4-2-3-6-5(7)8/h2-4H,1H2. The van der Waals surface area contributed by atoms with Crippen LogP contribution in [-0.2, 0) is 0 Å². The average Bonchev–Trinajstić information content (AvgIpc) is 1.77. The first kappa shape index (κ1) is 5.03. The molecule has 0 aliphatic rings. The second-order valence-electron chi connectivity index (χ2n) is 1.37. The molecule has 0 fully saturated rings. The number of hydrogen-bond donors (Lipinski definition) is 0. The lowest BCUT2D eigenvalue weighted by molar-refractivity contribution is 0.912. The SMILES string of the molecule is [CH2]n1cccnc1=O. The van der Waals surface area contributed by atoms with Crippen LogP contribution < -0.4 is 5.69 Å². The molecule has 0 spiro atoms. The molecule has 3 heteroatoms. The van der Waals surface area contributed by atoms with E-state index < -0.39 is 0 Å². The molecule has 0 unspecified atom stereocenters. The van der Waals surface area contributed by atoms with Crippen LogP contribution in [0.2, 0.25) is 0 Å². The summed E-state index contributed by atoms with van der Waals surface area (Å²) in [5.74, 6) is 0. The Morgan fingerprint density at radius 2 is 2.50 bits per heavy atom. The molecule has 1 rings (SSSR count). The van der Waals surface area contributed by atoms with Crippen LogP contribution in [0, 0.1) is 7.05 Å². The largest absolute Gasteiger partial charge is 0.347 e. The van der Waals surface area contributed by atoms with E-state index >= 15 is 0 Å². The third-order valence-electron chi connectivity index (χ3n) is 0.783. The summed E-state index contributed by atoms with van der Waals surface area (Å²) in [6.07, 6.45) is 2.99. The first-order chi connectivity index (χ1) is 3.80. The summed E-state index contributed by atoms with van der Waals surface area (Å²) in [4.78, 5) is 13.8. The summed E-state index contributed by atoms with van der Waals surface area (Å²) in [6, 6.07) is 1.65. The van der Waals surface area contributed by atoms with Gasteiger partial charge in [-0.25, -0.2) is 9.78 Å². The van der Waals surface area contributed by atoms with E-state index in [0.717, 1.165) is 0 Å². The van der Waals surface area contributed by atoms with Crippen LogP contribution >= 0.6 is 0 Å². The first-order valence-corrected chi connectivity index (χ1v) is 2.15. The number of nitrogens with zero attached hydrogens (tertiary/aromatic N) is 2. The highest BCUT2D eigenvalue weighted by molar-refractivity contribution is 4.81. The third-order valence-corrected chi connectivity index (χ3v) is 0.783. The van der Waals surface area contributed by atoms with Crippen LogP contribution in [0.4, 0.5) is 0 Å². The van der Waals surface area contributed by atoms with Crippen molar-refractivity contribution < 1.29 is 0 Å². The second-order valence-corrected chi connectivity index (χ2v) is 1.37. The van der Waals surface area contributed by atoms with Crippen molar-refractivity contribution in [2.75, 3.05) is 0 Å². The molecule has 0 amide bonds. The van der Waals surface area contributed by atoms with Gasteiger partial charge in [0.1, 0.15) is 0 Å². The molecule has 0 aliphatic carbocycles. The van der Waals surface area contributed by atoms with E-state index in [0.29, 0.717) is 0 Å². The van der Waals surface area contributed by atoms with Crippen molar-refractivity contribution in [3.8, 4) is 0 Å². The Morgan fingerprint density at radius 1 is 1.75 bits per heavy atom. The minimum Gasteiger partial charge on any atom is -0.297 e. The maximum absolute atomic E-state index is 10.4. The Hall–Kier alpha value is -1.12. The minimum absolute atomic E-state index is 0.326. The molecule has 1 aromatic heterocycles. The van der Waals surface area contributed by atoms with E-state index in [2.05, 4.69) is 12.0 Å². The molecule has 1 aromatic rings. The van der Waals surface area contributed by atoms with Gasteiger partial charge in [-0.15, -0.1) is 0 Å². The van der Waals surface area contributed by atoms with Crippen molar-refractivity contribution in [1.29, 1.82) is 0 Å². The summed E-state index contributed by atoms with van der Waals surface area (Å²) in [7, 11) is 3.36. The minimum atomic E-state index is -0.326. The van der Waals surface area contributed by atoms with Gasteiger partial charge in [-0.05, 0) is 6.07 Å². The van der Waals surface area contributed by atoms with E-state index in [1.165, 1.54) is 10.8 Å². The molecular weight excluding hydrogens is 104 g/mol. The van der Waals surface area contributed by atoms with Crippen LogP contribution in [0.5, 0.6) is 0 Å². The fourth-order valence-electron chi connectivity index (χ4n) is 0.387. The van der Waals surface area contributed by atoms with Crippen LogP contribution in [-0.4, -0.2) is 9.55 Å². The van der Waals surface area contributed by atoms with Crippen LogP contribution in [0.1, 0.15) is 0 Å². The van der Waals surface area contributed by atoms with Gasteiger partial charge >= 0.3 is 5.69 Å². The quantitative estimate of drug-likeness (QED) is 0.465. The van der Waals surface area contributed by atoms with E-state index in [4.69, 9.17) is 0 Å². The van der Waals surface area contributed by atoms with Gasteiger partial charge in [0.2, 0.25) is 0 Å². The molecule has 0 bridgehead atoms. The fourth-order valence-corrected chi connectivity index (χ4v) is 0.387. The Kier molecular flexibility index (Phi) is 1.12. The molecule has 0 atom stereocenters. The predicted molar refractivity (Wildman–Crippen MR) is 29.3 cm³/mol. The second kappa shape index (κ2) is 1.78. The van der Waals surface area contributed by atoms with Crippen molar-refractivity contribution in [3.05, 3.63) is 36.0 Å². The molecule has 3 nitrogen and oxygen atoms in total. The normalized spacial score (nSPS) is 9.12. The zero-order valence-corrected chi connectivity index (χ0v) is 4.24. The molecule has 0 saturated heterocycles. The lowest BCUT2D eigenvalue weighted by atomic mass is 10.7. The van der Waals surface area contributed by atoms with Crippen molar-refractivity contribution in [3.63, 3.8) is 0 Å². The van der Waals surface area contributed by atoms with Crippen LogP contribution in [0.3, 0.4) is 0 Å². The topological polar surface area (TPSA) is 34.9 Å². The zero-order valence-electron chi connectivity index (χ0n) is 4.24. The van der Waals surface area contributed by atoms with Crippen LogP contribution in [0.25, 0.3) is 0 Å². The molecule has 1 radical (unpaired) electrons. The first-order valence-electron chi connectivity index (χ1n) is 2.15. The van der Waals surface area contributed by atoms with Crippen molar-refractivity contribution in [2.24, 2.45) is 0 Å². The smallest absolute Gasteiger partial charge is 0.297 e. The predicted octanol–water partition coefficient (Wildman–Crippen LogP) is -0.117. The Balaban J connectivity index is 3.35. The Morgan fingerprint density at radius 3 is 2.88 bits per heavy atom. The van der Waals surface area contributed by atoms with Gasteiger partial charge < -0.3 is 0 Å². The molecule has 41 valence electrons. The lowest BCUT2D eigenvalue weighted by Gasteiger charge is -1.87. The molecule has 0 N–H and O–H groups in total. The lowest BCUT2D eigenvalue weighted by Crippen LogP contribution is -2.15. The van der Waals surface area contributed by atoms with Gasteiger partial charge in [0.25, 0.3) is 0 Å². The van der Waals surface area contributed by atoms with E-state index in [1.54, 1.807) is 12.3 Å². The van der Waals surface area contributed by atoms with Gasteiger partial charge in [0.15, 0.2) is 0 Å². The van der Waals surface area contributed by atoms with Gasteiger partial charge in [0, 0.05) is 19.4 Å². The van der Waals surface area contributed by atoms with E-state index in [9.17, 15) is 4.79 Å². The molecule has 0 aromatic carbocycles. The molecule has 0 aliphatic heterocycles. The van der Waals surface area contributed by atoms with E-state index in [1.807, 2.05) is 0 Å². The van der Waals surface area contributed by atoms with Crippen molar-refractivity contribution in [1.82, 2.24) is 9.55 Å². The molecular formula is C5H5N2O. The number of hydrogen-bond acceptors (Lipinski definition) is 2.